The third kappa shape index (κ3) is 2.12. The minimum Gasteiger partial charge on any atom is -0.508 e. The maximum absolute atomic E-state index is 12.4. The monoisotopic (exact) mass is 332 g/mol. The van der Waals surface area contributed by atoms with Gasteiger partial charge < -0.3 is 30.6 Å². The van der Waals surface area contributed by atoms with E-state index in [4.69, 9.17) is 0 Å². The molecule has 124 valence electrons. The second-order valence-corrected chi connectivity index (χ2v) is 5.43. The van der Waals surface area contributed by atoms with E-state index in [1.54, 1.807) is 0 Å². The molecule has 1 aromatic carbocycles. The Kier molecular flexibility index (Phi) is 3.34. The van der Waals surface area contributed by atoms with E-state index in [0.717, 1.165) is 24.3 Å². The molecule has 2 aliphatic rings. The summed E-state index contributed by atoms with van der Waals surface area (Å²) in [5.74, 6) is -5.73. The van der Waals surface area contributed by atoms with Crippen LogP contribution < -0.4 is 0 Å². The van der Waals surface area contributed by atoms with Crippen molar-refractivity contribution in [2.45, 2.75) is 12.0 Å². The van der Waals surface area contributed by atoms with Crippen LogP contribution in [0.1, 0.15) is 11.5 Å². The summed E-state index contributed by atoms with van der Waals surface area (Å²) < 4.78 is 0. The zero-order chi connectivity index (χ0) is 17.8. The molecule has 0 spiro atoms. The van der Waals surface area contributed by atoms with Crippen molar-refractivity contribution in [2.24, 2.45) is 0 Å². The summed E-state index contributed by atoms with van der Waals surface area (Å²) in [6, 6.07) is 1.79. The fraction of sp³-hybridized carbons (Fsp3) is 0.125. The number of rotatable bonds is 1. The molecule has 6 N–H and O–H groups in total. The van der Waals surface area contributed by atoms with Crippen LogP contribution in [0, 0.1) is 0 Å². The van der Waals surface area contributed by atoms with Gasteiger partial charge in [0.05, 0.1) is 17.6 Å². The van der Waals surface area contributed by atoms with E-state index in [1.807, 2.05) is 0 Å². The molecule has 2 atom stereocenters. The number of aromatic hydroxyl groups is 3. The van der Waals surface area contributed by atoms with Crippen molar-refractivity contribution in [2.75, 3.05) is 0 Å². The van der Waals surface area contributed by atoms with Crippen LogP contribution in [0.3, 0.4) is 0 Å². The molecule has 0 aliphatic heterocycles. The Morgan fingerprint density at radius 2 is 1.33 bits per heavy atom. The fourth-order valence-corrected chi connectivity index (χ4v) is 2.88. The van der Waals surface area contributed by atoms with Crippen LogP contribution in [0.4, 0.5) is 0 Å². The highest BCUT2D eigenvalue weighted by molar-refractivity contribution is 6.13. The van der Waals surface area contributed by atoms with E-state index < -0.39 is 52.4 Å². The lowest BCUT2D eigenvalue weighted by Gasteiger charge is -2.36. The van der Waals surface area contributed by atoms with Gasteiger partial charge in [-0.3, -0.25) is 9.59 Å². The number of hydrogen-bond acceptors (Lipinski definition) is 8. The second kappa shape index (κ2) is 5.14. The Morgan fingerprint density at radius 3 is 1.79 bits per heavy atom. The van der Waals surface area contributed by atoms with Crippen molar-refractivity contribution >= 4 is 11.6 Å². The minimum atomic E-state index is -1.55. The summed E-state index contributed by atoms with van der Waals surface area (Å²) in [5.41, 5.74) is -1.00. The topological polar surface area (TPSA) is 156 Å². The Morgan fingerprint density at radius 1 is 0.833 bits per heavy atom. The van der Waals surface area contributed by atoms with Crippen LogP contribution in [0.25, 0.3) is 0 Å². The summed E-state index contributed by atoms with van der Waals surface area (Å²) in [5, 5.41) is 58.7. The van der Waals surface area contributed by atoms with Crippen molar-refractivity contribution < 1.29 is 40.2 Å². The predicted octanol–water partition coefficient (Wildman–Crippen LogP) is 0.594. The average Bonchev–Trinajstić information content (AvgIpc) is 2.46. The second-order valence-electron chi connectivity index (χ2n) is 5.43. The Balaban J connectivity index is 2.07. The van der Waals surface area contributed by atoms with E-state index >= 15 is 0 Å². The van der Waals surface area contributed by atoms with Gasteiger partial charge in [0, 0.05) is 35.4 Å². The molecule has 24 heavy (non-hydrogen) atoms. The van der Waals surface area contributed by atoms with E-state index in [-0.39, 0.29) is 16.7 Å². The molecule has 3 rings (SSSR count). The highest BCUT2D eigenvalue weighted by Gasteiger charge is 2.50. The van der Waals surface area contributed by atoms with Crippen molar-refractivity contribution in [1.82, 2.24) is 0 Å². The minimum absolute atomic E-state index is 0.284. The SMILES string of the molecule is O=C1C=C(O)C(=C2C(=O)[C@H](c3c(O)cc(O)cc3O)[C@@H]2O)C(O)=C1. The van der Waals surface area contributed by atoms with Gasteiger partial charge in [-0.25, -0.2) is 0 Å². The highest BCUT2D eigenvalue weighted by atomic mass is 16.3. The van der Waals surface area contributed by atoms with Crippen LogP contribution in [0.5, 0.6) is 17.2 Å². The molecular weight excluding hydrogens is 320 g/mol. The van der Waals surface area contributed by atoms with E-state index in [1.165, 1.54) is 0 Å². The molecule has 1 fully saturated rings. The summed E-state index contributed by atoms with van der Waals surface area (Å²) in [6.07, 6.45) is 0.0172. The molecule has 2 aliphatic carbocycles. The lowest BCUT2D eigenvalue weighted by atomic mass is 9.68. The molecule has 0 heterocycles. The zero-order valence-corrected chi connectivity index (χ0v) is 12.0. The largest absolute Gasteiger partial charge is 0.508 e. The molecule has 1 aromatic rings. The Labute approximate surface area is 134 Å². The number of ketones is 2. The quantitative estimate of drug-likeness (QED) is 0.408. The lowest BCUT2D eigenvalue weighted by molar-refractivity contribution is -0.126. The van der Waals surface area contributed by atoms with Crippen LogP contribution in [0.15, 0.2) is 46.9 Å². The zero-order valence-electron chi connectivity index (χ0n) is 12.0. The molecule has 1 saturated carbocycles. The summed E-state index contributed by atoms with van der Waals surface area (Å²) in [7, 11) is 0. The van der Waals surface area contributed by atoms with Gasteiger partial charge in [-0.2, -0.15) is 0 Å². The normalized spacial score (nSPS) is 23.7. The first-order valence-corrected chi connectivity index (χ1v) is 6.79. The Hall–Kier alpha value is -3.26. The molecule has 0 saturated heterocycles. The number of allylic oxidation sites excluding steroid dienone is 2. The molecule has 0 radical (unpaired) electrons. The van der Waals surface area contributed by atoms with Crippen LogP contribution in [-0.4, -0.2) is 48.3 Å². The predicted molar refractivity (Wildman–Crippen MR) is 78.6 cm³/mol. The summed E-state index contributed by atoms with van der Waals surface area (Å²) >= 11 is 0. The average molecular weight is 332 g/mol. The molecule has 8 heteroatoms. The first kappa shape index (κ1) is 15.6. The molecule has 8 nitrogen and oxygen atoms in total. The number of benzene rings is 1. The lowest BCUT2D eigenvalue weighted by Crippen LogP contribution is -2.44. The number of aliphatic hydroxyl groups is 3. The number of hydrogen-bond donors (Lipinski definition) is 6. The first-order valence-electron chi connectivity index (χ1n) is 6.79. The molecule has 0 unspecified atom stereocenters. The van der Waals surface area contributed by atoms with E-state index in [0.29, 0.717) is 0 Å². The standard InChI is InChI=1S/C16H12O8/c17-5-1-7(19)11(8(20)2-5)13-15(23)14(16(13)24)12-9(21)3-6(18)4-10(12)22/h1-4,13,15,17,19-23H/t13-,15+/m1/s1. The fourth-order valence-electron chi connectivity index (χ4n) is 2.88. The number of phenolic OH excluding ortho intramolecular Hbond substituents is 3. The summed E-state index contributed by atoms with van der Waals surface area (Å²) in [6.45, 7) is 0. The maximum Gasteiger partial charge on any atom is 0.186 e. The van der Waals surface area contributed by atoms with Crippen LogP contribution in [0.2, 0.25) is 0 Å². The summed E-state index contributed by atoms with van der Waals surface area (Å²) in [4.78, 5) is 23.6. The third-order valence-electron chi connectivity index (χ3n) is 3.93. The Bertz CT molecular complexity index is 827. The number of phenols is 3. The molecule has 0 amide bonds. The van der Waals surface area contributed by atoms with Gasteiger partial charge in [0.15, 0.2) is 11.6 Å². The van der Waals surface area contributed by atoms with Gasteiger partial charge >= 0.3 is 0 Å². The van der Waals surface area contributed by atoms with Gasteiger partial charge in [0.25, 0.3) is 0 Å². The van der Waals surface area contributed by atoms with E-state index in [9.17, 15) is 40.2 Å². The van der Waals surface area contributed by atoms with Crippen molar-refractivity contribution in [1.29, 1.82) is 0 Å². The van der Waals surface area contributed by atoms with Crippen molar-refractivity contribution in [3.8, 4) is 17.2 Å². The van der Waals surface area contributed by atoms with Gasteiger partial charge in [-0.15, -0.1) is 0 Å². The van der Waals surface area contributed by atoms with Gasteiger partial charge in [0.2, 0.25) is 0 Å². The number of carbonyl (C=O) groups is 2. The van der Waals surface area contributed by atoms with E-state index in [2.05, 4.69) is 0 Å². The van der Waals surface area contributed by atoms with Crippen molar-refractivity contribution in [3.05, 3.63) is 52.5 Å². The van der Waals surface area contributed by atoms with Crippen molar-refractivity contribution in [3.63, 3.8) is 0 Å². The maximum atomic E-state index is 12.4. The number of aliphatic hydroxyl groups excluding tert-OH is 3. The number of Topliss-reactive ketones (excluding diaryl/α,β-unsaturated/α-hetero) is 1. The third-order valence-corrected chi connectivity index (χ3v) is 3.93. The molecule has 0 bridgehead atoms. The smallest absolute Gasteiger partial charge is 0.186 e. The first-order chi connectivity index (χ1) is 11.2. The molecule has 0 aromatic heterocycles. The molecular formula is C16H12O8. The number of carbonyl (C=O) groups excluding carboxylic acids is 2. The van der Waals surface area contributed by atoms with Gasteiger partial charge in [-0.1, -0.05) is 0 Å². The van der Waals surface area contributed by atoms with Crippen LogP contribution >= 0.6 is 0 Å². The van der Waals surface area contributed by atoms with Gasteiger partial charge in [0.1, 0.15) is 28.8 Å². The highest BCUT2D eigenvalue weighted by Crippen LogP contribution is 2.49. The van der Waals surface area contributed by atoms with Gasteiger partial charge in [-0.05, 0) is 0 Å². The van der Waals surface area contributed by atoms with Crippen LogP contribution in [-0.2, 0) is 9.59 Å².